The summed E-state index contributed by atoms with van der Waals surface area (Å²) in [6.07, 6.45) is 10.5. The lowest BCUT2D eigenvalue weighted by atomic mass is 9.69. The predicted molar refractivity (Wildman–Crippen MR) is 117 cm³/mol. The predicted octanol–water partition coefficient (Wildman–Crippen LogP) is 3.63. The number of carbonyl (C=O) groups is 2. The largest absolute Gasteiger partial charge is 0.349 e. The van der Waals surface area contributed by atoms with Gasteiger partial charge in [-0.15, -0.1) is 10.2 Å². The van der Waals surface area contributed by atoms with E-state index in [1.54, 1.807) is 35.2 Å². The highest BCUT2D eigenvalue weighted by atomic mass is 32.2. The summed E-state index contributed by atoms with van der Waals surface area (Å²) in [4.78, 5) is 24.8. The molecule has 1 aromatic carbocycles. The zero-order valence-electron chi connectivity index (χ0n) is 17.3. The van der Waals surface area contributed by atoms with Gasteiger partial charge in [0.05, 0.1) is 5.75 Å². The third-order valence-electron chi connectivity index (χ3n) is 6.31. The van der Waals surface area contributed by atoms with E-state index in [0.29, 0.717) is 16.4 Å². The first-order chi connectivity index (χ1) is 14.6. The molecule has 7 nitrogen and oxygen atoms in total. The molecular weight excluding hydrogens is 398 g/mol. The van der Waals surface area contributed by atoms with Crippen LogP contribution in [-0.2, 0) is 11.8 Å². The van der Waals surface area contributed by atoms with Crippen LogP contribution in [0.4, 0.5) is 5.69 Å². The average molecular weight is 428 g/mol. The molecule has 1 heterocycles. The van der Waals surface area contributed by atoms with Crippen molar-refractivity contribution in [2.45, 2.75) is 56.1 Å². The summed E-state index contributed by atoms with van der Waals surface area (Å²) in [5, 5.41) is 14.5. The van der Waals surface area contributed by atoms with Crippen molar-refractivity contribution in [2.24, 2.45) is 18.9 Å². The molecule has 3 atom stereocenters. The fraction of sp³-hybridized carbons (Fsp3) is 0.545. The number of thioether (sulfide) groups is 1. The van der Waals surface area contributed by atoms with Gasteiger partial charge in [-0.3, -0.25) is 9.59 Å². The topological polar surface area (TPSA) is 88.9 Å². The van der Waals surface area contributed by atoms with Gasteiger partial charge in [0, 0.05) is 24.3 Å². The SMILES string of the molecule is Cn1cnnc1SCC(=O)Nc1ccc(C(=O)N[C@H]2CC[C@@H]3CCCC[C@@H]3C2)cc1. The van der Waals surface area contributed by atoms with Gasteiger partial charge in [0.2, 0.25) is 5.91 Å². The molecule has 0 unspecified atom stereocenters. The Hall–Kier alpha value is -2.35. The van der Waals surface area contributed by atoms with Gasteiger partial charge in [-0.2, -0.15) is 0 Å². The number of hydrogen-bond acceptors (Lipinski definition) is 5. The summed E-state index contributed by atoms with van der Waals surface area (Å²) in [6, 6.07) is 7.38. The molecule has 2 aliphatic rings. The summed E-state index contributed by atoms with van der Waals surface area (Å²) in [7, 11) is 1.84. The van der Waals surface area contributed by atoms with Gasteiger partial charge >= 0.3 is 0 Å². The number of rotatable bonds is 6. The van der Waals surface area contributed by atoms with Crippen LogP contribution in [0.2, 0.25) is 0 Å². The molecule has 0 bridgehead atoms. The lowest BCUT2D eigenvalue weighted by Gasteiger charge is -2.39. The lowest BCUT2D eigenvalue weighted by molar-refractivity contribution is -0.113. The molecule has 2 aromatic rings. The Morgan fingerprint density at radius 2 is 1.87 bits per heavy atom. The van der Waals surface area contributed by atoms with Crippen molar-refractivity contribution in [3.05, 3.63) is 36.2 Å². The first kappa shape index (κ1) is 20.9. The fourth-order valence-electron chi connectivity index (χ4n) is 4.71. The molecule has 0 saturated heterocycles. The minimum atomic E-state index is -0.121. The van der Waals surface area contributed by atoms with Crippen molar-refractivity contribution < 1.29 is 9.59 Å². The summed E-state index contributed by atoms with van der Waals surface area (Å²) in [5.41, 5.74) is 1.31. The molecule has 160 valence electrons. The maximum Gasteiger partial charge on any atom is 0.251 e. The molecule has 2 N–H and O–H groups in total. The van der Waals surface area contributed by atoms with Crippen molar-refractivity contribution in [3.63, 3.8) is 0 Å². The number of fused-ring (bicyclic) bond motifs is 1. The number of amides is 2. The highest BCUT2D eigenvalue weighted by Crippen LogP contribution is 2.40. The van der Waals surface area contributed by atoms with Gasteiger partial charge in [0.15, 0.2) is 5.16 Å². The second kappa shape index (κ2) is 9.64. The molecule has 0 aliphatic heterocycles. The Balaban J connectivity index is 1.25. The van der Waals surface area contributed by atoms with Crippen molar-refractivity contribution in [2.75, 3.05) is 11.1 Å². The van der Waals surface area contributed by atoms with Crippen LogP contribution >= 0.6 is 11.8 Å². The van der Waals surface area contributed by atoms with Gasteiger partial charge in [0.1, 0.15) is 6.33 Å². The second-order valence-corrected chi connectivity index (χ2v) is 9.37. The third kappa shape index (κ3) is 5.22. The van der Waals surface area contributed by atoms with E-state index >= 15 is 0 Å². The van der Waals surface area contributed by atoms with Crippen LogP contribution in [0.3, 0.4) is 0 Å². The minimum Gasteiger partial charge on any atom is -0.349 e. The van der Waals surface area contributed by atoms with Crippen LogP contribution in [-0.4, -0.2) is 38.4 Å². The van der Waals surface area contributed by atoms with Crippen LogP contribution in [0.25, 0.3) is 0 Å². The standard InChI is InChI=1S/C22H29N5O2S/c1-27-14-23-26-22(27)30-13-20(28)24-18-9-7-16(8-10-18)21(29)25-19-11-6-15-4-2-3-5-17(15)12-19/h7-10,14-15,17,19H,2-6,11-13H2,1H3,(H,24,28)(H,25,29)/t15-,17+,19-/m0/s1. The molecule has 2 amide bonds. The van der Waals surface area contributed by atoms with Crippen LogP contribution in [0, 0.1) is 11.8 Å². The number of hydrogen-bond donors (Lipinski definition) is 2. The molecule has 4 rings (SSSR count). The zero-order valence-corrected chi connectivity index (χ0v) is 18.2. The minimum absolute atomic E-state index is 0.0232. The Morgan fingerprint density at radius 3 is 2.60 bits per heavy atom. The van der Waals surface area contributed by atoms with Gasteiger partial charge < -0.3 is 15.2 Å². The molecule has 2 fully saturated rings. The number of carbonyl (C=O) groups excluding carboxylic acids is 2. The van der Waals surface area contributed by atoms with Crippen LogP contribution < -0.4 is 10.6 Å². The van der Waals surface area contributed by atoms with E-state index in [9.17, 15) is 9.59 Å². The smallest absolute Gasteiger partial charge is 0.251 e. The highest BCUT2D eigenvalue weighted by molar-refractivity contribution is 7.99. The van der Waals surface area contributed by atoms with E-state index in [2.05, 4.69) is 20.8 Å². The molecule has 30 heavy (non-hydrogen) atoms. The van der Waals surface area contributed by atoms with Crippen molar-refractivity contribution in [1.82, 2.24) is 20.1 Å². The summed E-state index contributed by atoms with van der Waals surface area (Å²) < 4.78 is 1.77. The van der Waals surface area contributed by atoms with E-state index in [4.69, 9.17) is 0 Å². The summed E-state index contributed by atoms with van der Waals surface area (Å²) in [5.74, 6) is 1.77. The molecular formula is C22H29N5O2S. The maximum absolute atomic E-state index is 12.7. The third-order valence-corrected chi connectivity index (χ3v) is 7.34. The molecule has 0 radical (unpaired) electrons. The van der Waals surface area contributed by atoms with Crippen LogP contribution in [0.15, 0.2) is 35.7 Å². The average Bonchev–Trinajstić information content (AvgIpc) is 3.17. The van der Waals surface area contributed by atoms with Gasteiger partial charge in [-0.05, 0) is 55.4 Å². The molecule has 8 heteroatoms. The molecule has 2 aliphatic carbocycles. The number of anilines is 1. The molecule has 2 saturated carbocycles. The van der Waals surface area contributed by atoms with Crippen molar-refractivity contribution in [3.8, 4) is 0 Å². The van der Waals surface area contributed by atoms with Crippen molar-refractivity contribution in [1.29, 1.82) is 0 Å². The van der Waals surface area contributed by atoms with Gasteiger partial charge in [-0.1, -0.05) is 37.4 Å². The number of nitrogens with one attached hydrogen (secondary N) is 2. The Kier molecular flexibility index (Phi) is 6.72. The Morgan fingerprint density at radius 1 is 1.10 bits per heavy atom. The highest BCUT2D eigenvalue weighted by Gasteiger charge is 2.32. The summed E-state index contributed by atoms with van der Waals surface area (Å²) in [6.45, 7) is 0. The van der Waals surface area contributed by atoms with E-state index in [1.807, 2.05) is 7.05 Å². The summed E-state index contributed by atoms with van der Waals surface area (Å²) >= 11 is 1.33. The quantitative estimate of drug-likeness (QED) is 0.687. The molecule has 1 aromatic heterocycles. The Labute approximate surface area is 181 Å². The van der Waals surface area contributed by atoms with Gasteiger partial charge in [-0.25, -0.2) is 0 Å². The number of aryl methyl sites for hydroxylation is 1. The van der Waals surface area contributed by atoms with E-state index in [0.717, 1.165) is 24.7 Å². The normalized spacial score (nSPS) is 23.4. The van der Waals surface area contributed by atoms with E-state index in [1.165, 1.54) is 43.9 Å². The Bertz CT molecular complexity index is 882. The monoisotopic (exact) mass is 427 g/mol. The number of nitrogens with zero attached hydrogens (tertiary/aromatic N) is 3. The van der Waals surface area contributed by atoms with E-state index < -0.39 is 0 Å². The first-order valence-electron chi connectivity index (χ1n) is 10.8. The van der Waals surface area contributed by atoms with Gasteiger partial charge in [0.25, 0.3) is 5.91 Å². The van der Waals surface area contributed by atoms with Crippen molar-refractivity contribution >= 4 is 29.3 Å². The molecule has 0 spiro atoms. The van der Waals surface area contributed by atoms with E-state index in [-0.39, 0.29) is 23.6 Å². The van der Waals surface area contributed by atoms with Crippen LogP contribution in [0.1, 0.15) is 55.3 Å². The second-order valence-electron chi connectivity index (χ2n) is 8.43. The fourth-order valence-corrected chi connectivity index (χ4v) is 5.40. The maximum atomic E-state index is 12.7. The first-order valence-corrected chi connectivity index (χ1v) is 11.7. The number of aromatic nitrogens is 3. The number of benzene rings is 1. The van der Waals surface area contributed by atoms with Crippen LogP contribution in [0.5, 0.6) is 0 Å². The lowest BCUT2D eigenvalue weighted by Crippen LogP contribution is -2.41. The zero-order chi connectivity index (χ0) is 20.9.